The van der Waals surface area contributed by atoms with Crippen LogP contribution in [0.2, 0.25) is 0 Å². The van der Waals surface area contributed by atoms with Crippen molar-refractivity contribution in [3.05, 3.63) is 29.8 Å². The van der Waals surface area contributed by atoms with Crippen molar-refractivity contribution in [2.75, 3.05) is 19.6 Å². The summed E-state index contributed by atoms with van der Waals surface area (Å²) >= 11 is 0. The lowest BCUT2D eigenvalue weighted by atomic mass is 10.0. The number of benzene rings is 1. The molecule has 0 spiro atoms. The van der Waals surface area contributed by atoms with Gasteiger partial charge in [-0.25, -0.2) is 0 Å². The van der Waals surface area contributed by atoms with Gasteiger partial charge in [-0.2, -0.15) is 0 Å². The van der Waals surface area contributed by atoms with Gasteiger partial charge in [-0.05, 0) is 49.5 Å². The maximum atomic E-state index is 11.7. The lowest BCUT2D eigenvalue weighted by Crippen LogP contribution is -2.28. The summed E-state index contributed by atoms with van der Waals surface area (Å²) in [6, 6.07) is 7.09. The number of amides is 1. The first-order chi connectivity index (χ1) is 8.74. The van der Waals surface area contributed by atoms with Gasteiger partial charge in [0, 0.05) is 13.0 Å². The third-order valence-corrected chi connectivity index (χ3v) is 3.31. The lowest BCUT2D eigenvalue weighted by molar-refractivity contribution is -0.121. The Morgan fingerprint density at radius 3 is 2.83 bits per heavy atom. The lowest BCUT2D eigenvalue weighted by Gasteiger charge is -2.09. The second-order valence-corrected chi connectivity index (χ2v) is 4.83. The predicted molar refractivity (Wildman–Crippen MR) is 70.4 cm³/mol. The van der Waals surface area contributed by atoms with Crippen LogP contribution in [-0.4, -0.2) is 30.6 Å². The van der Waals surface area contributed by atoms with Gasteiger partial charge in [0.15, 0.2) is 0 Å². The van der Waals surface area contributed by atoms with Crippen molar-refractivity contribution >= 4 is 5.91 Å². The van der Waals surface area contributed by atoms with Gasteiger partial charge in [-0.15, -0.1) is 0 Å². The Balaban J connectivity index is 1.65. The largest absolute Gasteiger partial charge is 0.508 e. The Morgan fingerprint density at radius 2 is 2.17 bits per heavy atom. The van der Waals surface area contributed by atoms with Crippen molar-refractivity contribution in [3.63, 3.8) is 0 Å². The Kier molecular flexibility index (Phi) is 4.59. The number of hydrogen-bond acceptors (Lipinski definition) is 3. The van der Waals surface area contributed by atoms with E-state index in [9.17, 15) is 4.79 Å². The van der Waals surface area contributed by atoms with Crippen molar-refractivity contribution in [1.29, 1.82) is 0 Å². The minimum atomic E-state index is 0.141. The molecular weight excluding hydrogens is 228 g/mol. The SMILES string of the molecule is O=C(CC1CCNC1)NCCc1ccc(O)cc1. The summed E-state index contributed by atoms with van der Waals surface area (Å²) in [5, 5.41) is 15.4. The predicted octanol–water partition coefficient (Wildman–Crippen LogP) is 1.05. The highest BCUT2D eigenvalue weighted by molar-refractivity contribution is 5.76. The van der Waals surface area contributed by atoms with Gasteiger partial charge in [-0.3, -0.25) is 4.79 Å². The van der Waals surface area contributed by atoms with Crippen molar-refractivity contribution in [1.82, 2.24) is 10.6 Å². The van der Waals surface area contributed by atoms with E-state index in [1.165, 1.54) is 0 Å². The summed E-state index contributed by atoms with van der Waals surface area (Å²) in [4.78, 5) is 11.7. The number of carbonyl (C=O) groups is 1. The number of hydrogen-bond donors (Lipinski definition) is 3. The molecule has 1 aromatic rings. The minimum Gasteiger partial charge on any atom is -0.508 e. The minimum absolute atomic E-state index is 0.141. The topological polar surface area (TPSA) is 61.4 Å². The number of phenols is 1. The molecule has 1 heterocycles. The van der Waals surface area contributed by atoms with E-state index in [1.807, 2.05) is 12.1 Å². The van der Waals surface area contributed by atoms with Gasteiger partial charge in [0.25, 0.3) is 0 Å². The first-order valence-electron chi connectivity index (χ1n) is 6.49. The highest BCUT2D eigenvalue weighted by Gasteiger charge is 2.17. The van der Waals surface area contributed by atoms with Gasteiger partial charge >= 0.3 is 0 Å². The molecule has 0 bridgehead atoms. The van der Waals surface area contributed by atoms with Crippen LogP contribution in [0.15, 0.2) is 24.3 Å². The maximum absolute atomic E-state index is 11.7. The van der Waals surface area contributed by atoms with E-state index in [0.717, 1.165) is 31.5 Å². The van der Waals surface area contributed by atoms with Crippen LogP contribution in [0.25, 0.3) is 0 Å². The quantitative estimate of drug-likeness (QED) is 0.730. The zero-order chi connectivity index (χ0) is 12.8. The summed E-state index contributed by atoms with van der Waals surface area (Å²) in [5.74, 6) is 0.915. The summed E-state index contributed by atoms with van der Waals surface area (Å²) in [6.07, 6.45) is 2.53. The molecule has 0 radical (unpaired) electrons. The highest BCUT2D eigenvalue weighted by atomic mass is 16.3. The van der Waals surface area contributed by atoms with E-state index >= 15 is 0 Å². The molecule has 2 rings (SSSR count). The second kappa shape index (κ2) is 6.40. The fourth-order valence-electron chi connectivity index (χ4n) is 2.23. The summed E-state index contributed by atoms with van der Waals surface area (Å²) < 4.78 is 0. The number of nitrogens with one attached hydrogen (secondary N) is 2. The van der Waals surface area contributed by atoms with Gasteiger partial charge in [0.1, 0.15) is 5.75 Å². The number of aromatic hydroxyl groups is 1. The van der Waals surface area contributed by atoms with Crippen LogP contribution >= 0.6 is 0 Å². The first-order valence-corrected chi connectivity index (χ1v) is 6.49. The van der Waals surface area contributed by atoms with E-state index in [0.29, 0.717) is 18.9 Å². The highest BCUT2D eigenvalue weighted by Crippen LogP contribution is 2.12. The number of phenolic OH excluding ortho intramolecular Hbond substituents is 1. The zero-order valence-electron chi connectivity index (χ0n) is 10.5. The molecule has 4 nitrogen and oxygen atoms in total. The van der Waals surface area contributed by atoms with Crippen LogP contribution in [-0.2, 0) is 11.2 Å². The maximum Gasteiger partial charge on any atom is 0.220 e. The van der Waals surface area contributed by atoms with Crippen LogP contribution < -0.4 is 10.6 Å². The molecule has 1 aliphatic heterocycles. The Hall–Kier alpha value is -1.55. The van der Waals surface area contributed by atoms with Crippen molar-refractivity contribution in [3.8, 4) is 5.75 Å². The molecular formula is C14H20N2O2. The molecule has 1 saturated heterocycles. The number of rotatable bonds is 5. The van der Waals surface area contributed by atoms with E-state index in [1.54, 1.807) is 12.1 Å². The molecule has 0 aromatic heterocycles. The standard InChI is InChI=1S/C14H20N2O2/c17-13-3-1-11(2-4-13)6-8-16-14(18)9-12-5-7-15-10-12/h1-4,12,15,17H,5-10H2,(H,16,18). The molecule has 18 heavy (non-hydrogen) atoms. The smallest absolute Gasteiger partial charge is 0.220 e. The average molecular weight is 248 g/mol. The zero-order valence-corrected chi connectivity index (χ0v) is 10.5. The van der Waals surface area contributed by atoms with E-state index in [-0.39, 0.29) is 11.7 Å². The molecule has 0 saturated carbocycles. The monoisotopic (exact) mass is 248 g/mol. The fraction of sp³-hybridized carbons (Fsp3) is 0.500. The van der Waals surface area contributed by atoms with Gasteiger partial charge < -0.3 is 15.7 Å². The van der Waals surface area contributed by atoms with E-state index in [4.69, 9.17) is 5.11 Å². The Bertz CT molecular complexity index is 383. The third-order valence-electron chi connectivity index (χ3n) is 3.31. The molecule has 1 aliphatic rings. The molecule has 1 atom stereocenters. The number of carbonyl (C=O) groups excluding carboxylic acids is 1. The molecule has 4 heteroatoms. The molecule has 0 aliphatic carbocycles. The van der Waals surface area contributed by atoms with Crippen LogP contribution in [0.1, 0.15) is 18.4 Å². The van der Waals surface area contributed by atoms with E-state index in [2.05, 4.69) is 10.6 Å². The second-order valence-electron chi connectivity index (χ2n) is 4.83. The fourth-order valence-corrected chi connectivity index (χ4v) is 2.23. The van der Waals surface area contributed by atoms with Crippen LogP contribution in [0.3, 0.4) is 0 Å². The average Bonchev–Trinajstić information content (AvgIpc) is 2.84. The van der Waals surface area contributed by atoms with Crippen LogP contribution in [0.4, 0.5) is 0 Å². The third kappa shape index (κ3) is 4.04. The molecule has 1 aromatic carbocycles. The van der Waals surface area contributed by atoms with Gasteiger partial charge in [0.05, 0.1) is 0 Å². The normalized spacial score (nSPS) is 18.8. The molecule has 1 amide bonds. The molecule has 1 unspecified atom stereocenters. The Morgan fingerprint density at radius 1 is 1.39 bits per heavy atom. The summed E-state index contributed by atoms with van der Waals surface area (Å²) in [5.41, 5.74) is 1.12. The van der Waals surface area contributed by atoms with Crippen molar-refractivity contribution < 1.29 is 9.90 Å². The Labute approximate surface area is 107 Å². The van der Waals surface area contributed by atoms with Crippen molar-refractivity contribution in [2.24, 2.45) is 5.92 Å². The summed E-state index contributed by atoms with van der Waals surface area (Å²) in [7, 11) is 0. The van der Waals surface area contributed by atoms with Gasteiger partial charge in [0.2, 0.25) is 5.91 Å². The molecule has 1 fully saturated rings. The molecule has 3 N–H and O–H groups in total. The molecule has 98 valence electrons. The summed E-state index contributed by atoms with van der Waals surface area (Å²) in [6.45, 7) is 2.65. The van der Waals surface area contributed by atoms with Gasteiger partial charge in [-0.1, -0.05) is 12.1 Å². The van der Waals surface area contributed by atoms with Crippen LogP contribution in [0.5, 0.6) is 5.75 Å². The first kappa shape index (κ1) is 12.9. The van der Waals surface area contributed by atoms with Crippen LogP contribution in [0, 0.1) is 5.92 Å². The van der Waals surface area contributed by atoms with Crippen molar-refractivity contribution in [2.45, 2.75) is 19.3 Å². The van der Waals surface area contributed by atoms with E-state index < -0.39 is 0 Å².